The SMILES string of the molecule is CCO[C@H]1[C@@H](O)[C@@H](CO)OC(O)[C@@H]1S. The van der Waals surface area contributed by atoms with Crippen LogP contribution in [0.4, 0.5) is 0 Å². The zero-order chi connectivity index (χ0) is 10.7. The topological polar surface area (TPSA) is 79.2 Å². The second-order valence-electron chi connectivity index (χ2n) is 3.15. The van der Waals surface area contributed by atoms with E-state index in [1.165, 1.54) is 0 Å². The number of hydrogen-bond donors (Lipinski definition) is 4. The molecule has 0 aliphatic carbocycles. The zero-order valence-electron chi connectivity index (χ0n) is 7.91. The number of aliphatic hydroxyl groups excluding tert-OH is 3. The third-order valence-electron chi connectivity index (χ3n) is 2.20. The van der Waals surface area contributed by atoms with Gasteiger partial charge >= 0.3 is 0 Å². The Kier molecular flexibility index (Phi) is 4.62. The van der Waals surface area contributed by atoms with Gasteiger partial charge in [-0.25, -0.2) is 0 Å². The van der Waals surface area contributed by atoms with Crippen molar-refractivity contribution in [1.29, 1.82) is 0 Å². The van der Waals surface area contributed by atoms with Crippen molar-refractivity contribution in [3.8, 4) is 0 Å². The highest BCUT2D eigenvalue weighted by Crippen LogP contribution is 2.25. The molecule has 3 N–H and O–H groups in total. The van der Waals surface area contributed by atoms with Crippen LogP contribution in [-0.2, 0) is 9.47 Å². The summed E-state index contributed by atoms with van der Waals surface area (Å²) in [5.74, 6) is 0. The number of ether oxygens (including phenoxy) is 2. The number of rotatable bonds is 3. The Morgan fingerprint density at radius 1 is 1.43 bits per heavy atom. The Morgan fingerprint density at radius 2 is 2.07 bits per heavy atom. The third kappa shape index (κ3) is 2.39. The molecule has 1 aliphatic rings. The monoisotopic (exact) mass is 224 g/mol. The predicted octanol–water partition coefficient (Wildman–Crippen LogP) is -1.24. The molecule has 0 saturated carbocycles. The van der Waals surface area contributed by atoms with Gasteiger partial charge in [0.1, 0.15) is 18.3 Å². The van der Waals surface area contributed by atoms with Gasteiger partial charge in [-0.3, -0.25) is 0 Å². The normalized spacial score (nSPS) is 43.9. The van der Waals surface area contributed by atoms with Gasteiger partial charge < -0.3 is 24.8 Å². The molecule has 0 spiro atoms. The molecule has 1 saturated heterocycles. The highest BCUT2D eigenvalue weighted by molar-refractivity contribution is 7.81. The second kappa shape index (κ2) is 5.29. The first-order chi connectivity index (χ1) is 6.61. The van der Waals surface area contributed by atoms with Crippen molar-refractivity contribution in [2.45, 2.75) is 36.8 Å². The summed E-state index contributed by atoms with van der Waals surface area (Å²) in [6.45, 7) is 1.83. The number of aliphatic hydroxyl groups is 3. The lowest BCUT2D eigenvalue weighted by Gasteiger charge is -2.40. The van der Waals surface area contributed by atoms with Crippen LogP contribution in [0.15, 0.2) is 0 Å². The van der Waals surface area contributed by atoms with Crippen molar-refractivity contribution < 1.29 is 24.8 Å². The van der Waals surface area contributed by atoms with Gasteiger partial charge in [-0.05, 0) is 6.92 Å². The van der Waals surface area contributed by atoms with Gasteiger partial charge in [0, 0.05) is 6.61 Å². The molecule has 14 heavy (non-hydrogen) atoms. The average molecular weight is 224 g/mol. The Labute approximate surface area is 88.1 Å². The maximum absolute atomic E-state index is 9.68. The third-order valence-corrected chi connectivity index (χ3v) is 2.75. The molecule has 1 unspecified atom stereocenters. The molecule has 1 fully saturated rings. The first-order valence-corrected chi connectivity index (χ1v) is 5.05. The fourth-order valence-corrected chi connectivity index (χ4v) is 1.79. The van der Waals surface area contributed by atoms with Gasteiger partial charge in [-0.2, -0.15) is 12.6 Å². The first kappa shape index (κ1) is 12.2. The van der Waals surface area contributed by atoms with Gasteiger partial charge in [0.15, 0.2) is 6.29 Å². The van der Waals surface area contributed by atoms with Crippen LogP contribution in [0.3, 0.4) is 0 Å². The molecule has 0 aromatic rings. The molecule has 6 heteroatoms. The quantitative estimate of drug-likeness (QED) is 0.451. The summed E-state index contributed by atoms with van der Waals surface area (Å²) >= 11 is 4.08. The van der Waals surface area contributed by atoms with Gasteiger partial charge in [-0.1, -0.05) is 0 Å². The molecule has 0 bridgehead atoms. The van der Waals surface area contributed by atoms with E-state index in [9.17, 15) is 10.2 Å². The molecule has 0 aromatic carbocycles. The lowest BCUT2D eigenvalue weighted by Crippen LogP contribution is -2.57. The Bertz CT molecular complexity index is 179. The molecule has 0 amide bonds. The van der Waals surface area contributed by atoms with Gasteiger partial charge in [0.05, 0.1) is 11.9 Å². The molecule has 5 atom stereocenters. The molecule has 1 rings (SSSR count). The fourth-order valence-electron chi connectivity index (χ4n) is 1.46. The minimum atomic E-state index is -1.13. The minimum Gasteiger partial charge on any atom is -0.394 e. The van der Waals surface area contributed by atoms with Crippen LogP contribution >= 0.6 is 12.6 Å². The first-order valence-electron chi connectivity index (χ1n) is 4.54. The van der Waals surface area contributed by atoms with E-state index < -0.39 is 29.9 Å². The van der Waals surface area contributed by atoms with E-state index in [0.29, 0.717) is 6.61 Å². The highest BCUT2D eigenvalue weighted by atomic mass is 32.1. The zero-order valence-corrected chi connectivity index (χ0v) is 8.80. The molecule has 1 aliphatic heterocycles. The molecule has 0 aromatic heterocycles. The highest BCUT2D eigenvalue weighted by Gasteiger charge is 2.43. The maximum Gasteiger partial charge on any atom is 0.169 e. The number of thiol groups is 1. The molecular formula is C8H16O5S. The average Bonchev–Trinajstić information content (AvgIpc) is 2.18. The van der Waals surface area contributed by atoms with Crippen LogP contribution in [-0.4, -0.2) is 58.4 Å². The largest absolute Gasteiger partial charge is 0.394 e. The molecule has 1 heterocycles. The molecule has 0 radical (unpaired) electrons. The van der Waals surface area contributed by atoms with Gasteiger partial charge in [0.25, 0.3) is 0 Å². The summed E-state index contributed by atoms with van der Waals surface area (Å²) in [7, 11) is 0. The van der Waals surface area contributed by atoms with Crippen molar-refractivity contribution in [2.75, 3.05) is 13.2 Å². The maximum atomic E-state index is 9.68. The van der Waals surface area contributed by atoms with Crippen molar-refractivity contribution in [3.63, 3.8) is 0 Å². The van der Waals surface area contributed by atoms with Crippen LogP contribution in [0.5, 0.6) is 0 Å². The lowest BCUT2D eigenvalue weighted by molar-refractivity contribution is -0.242. The van der Waals surface area contributed by atoms with Crippen LogP contribution in [0.1, 0.15) is 6.92 Å². The minimum absolute atomic E-state index is 0.359. The van der Waals surface area contributed by atoms with Crippen molar-refractivity contribution in [3.05, 3.63) is 0 Å². The van der Waals surface area contributed by atoms with E-state index in [1.54, 1.807) is 6.92 Å². The summed E-state index contributed by atoms with van der Waals surface area (Å²) in [6.07, 6.45) is -3.53. The fraction of sp³-hybridized carbons (Fsp3) is 1.00. The van der Waals surface area contributed by atoms with E-state index in [1.807, 2.05) is 0 Å². The van der Waals surface area contributed by atoms with E-state index in [4.69, 9.17) is 14.6 Å². The summed E-state index contributed by atoms with van der Waals surface area (Å²) in [5.41, 5.74) is 0. The van der Waals surface area contributed by atoms with E-state index in [0.717, 1.165) is 0 Å². The summed E-state index contributed by atoms with van der Waals surface area (Å²) < 4.78 is 10.2. The standard InChI is InChI=1S/C8H16O5S/c1-2-12-6-5(10)4(3-9)13-8(11)7(6)14/h4-11,14H,2-3H2,1H3/t4-,5+,6+,7-,8?/m1/s1. The smallest absolute Gasteiger partial charge is 0.169 e. The van der Waals surface area contributed by atoms with Crippen LogP contribution < -0.4 is 0 Å². The Morgan fingerprint density at radius 3 is 2.57 bits per heavy atom. The number of hydrogen-bond acceptors (Lipinski definition) is 6. The van der Waals surface area contributed by atoms with Crippen LogP contribution in [0.25, 0.3) is 0 Å². The van der Waals surface area contributed by atoms with Crippen molar-refractivity contribution in [1.82, 2.24) is 0 Å². The molecule has 5 nitrogen and oxygen atoms in total. The van der Waals surface area contributed by atoms with Crippen molar-refractivity contribution >= 4 is 12.6 Å². The Hall–Kier alpha value is 0.150. The van der Waals surface area contributed by atoms with E-state index >= 15 is 0 Å². The summed E-state index contributed by atoms with van der Waals surface area (Å²) in [6, 6.07) is 0. The van der Waals surface area contributed by atoms with Crippen LogP contribution in [0.2, 0.25) is 0 Å². The van der Waals surface area contributed by atoms with Crippen molar-refractivity contribution in [2.24, 2.45) is 0 Å². The molecule has 84 valence electrons. The van der Waals surface area contributed by atoms with Crippen LogP contribution in [0, 0.1) is 0 Å². The van der Waals surface area contributed by atoms with E-state index in [2.05, 4.69) is 12.6 Å². The van der Waals surface area contributed by atoms with Gasteiger partial charge in [-0.15, -0.1) is 0 Å². The second-order valence-corrected chi connectivity index (χ2v) is 3.75. The summed E-state index contributed by atoms with van der Waals surface area (Å²) in [5, 5.41) is 27.3. The molecular weight excluding hydrogens is 208 g/mol. The Balaban J connectivity index is 2.67. The summed E-state index contributed by atoms with van der Waals surface area (Å²) in [4.78, 5) is 0. The van der Waals surface area contributed by atoms with Gasteiger partial charge in [0.2, 0.25) is 0 Å². The lowest BCUT2D eigenvalue weighted by atomic mass is 10.0. The predicted molar refractivity (Wildman–Crippen MR) is 52.2 cm³/mol. The van der Waals surface area contributed by atoms with E-state index in [-0.39, 0.29) is 6.61 Å².